The van der Waals surface area contributed by atoms with Crippen molar-refractivity contribution in [2.45, 2.75) is 13.0 Å². The maximum Gasteiger partial charge on any atom is 0.0488 e. The molecule has 2 nitrogen and oxygen atoms in total. The molecule has 0 unspecified atom stereocenters. The predicted octanol–water partition coefficient (Wildman–Crippen LogP) is 4.32. The molecule has 2 heterocycles. The van der Waals surface area contributed by atoms with E-state index in [1.807, 2.05) is 12.1 Å². The van der Waals surface area contributed by atoms with Gasteiger partial charge < -0.3 is 9.80 Å². The van der Waals surface area contributed by atoms with Crippen LogP contribution in [0.15, 0.2) is 43.0 Å². The number of rotatable bonds is 1. The summed E-state index contributed by atoms with van der Waals surface area (Å²) in [6.45, 7) is 6.24. The first kappa shape index (κ1) is 12.8. The van der Waals surface area contributed by atoms with Gasteiger partial charge in [0.05, 0.1) is 0 Å². The summed E-state index contributed by atoms with van der Waals surface area (Å²) in [6, 6.07) is 12.8. The van der Waals surface area contributed by atoms with Gasteiger partial charge >= 0.3 is 0 Å². The number of benzene rings is 2. The summed E-state index contributed by atoms with van der Waals surface area (Å²) in [6.07, 6.45) is 1.14. The molecule has 0 atom stereocenters. The molecule has 0 amide bonds. The Kier molecular flexibility index (Phi) is 2.76. The van der Waals surface area contributed by atoms with E-state index < -0.39 is 0 Å². The largest absolute Gasteiger partial charge is 0.374 e. The van der Waals surface area contributed by atoms with Gasteiger partial charge in [-0.25, -0.2) is 0 Å². The molecule has 0 radical (unpaired) electrons. The van der Waals surface area contributed by atoms with Crippen LogP contribution in [0.4, 0.5) is 11.4 Å². The van der Waals surface area contributed by atoms with Gasteiger partial charge in [0, 0.05) is 47.8 Å². The summed E-state index contributed by atoms with van der Waals surface area (Å²) in [4.78, 5) is 4.59. The molecule has 21 heavy (non-hydrogen) atoms. The third-order valence-corrected chi connectivity index (χ3v) is 4.78. The second kappa shape index (κ2) is 4.54. The minimum Gasteiger partial charge on any atom is -0.374 e. The van der Waals surface area contributed by atoms with Gasteiger partial charge in [0.1, 0.15) is 0 Å². The van der Waals surface area contributed by atoms with Crippen LogP contribution in [-0.2, 0) is 13.0 Å². The first-order chi connectivity index (χ1) is 10.1. The average Bonchev–Trinajstić information content (AvgIpc) is 3.01. The minimum absolute atomic E-state index is 0.769. The number of halogens is 1. The number of anilines is 2. The Hall–Kier alpha value is -1.93. The molecule has 0 bridgehead atoms. The fourth-order valence-electron chi connectivity index (χ4n) is 3.31. The molecule has 3 heteroatoms. The fraction of sp³-hybridized carbons (Fsp3) is 0.222. The van der Waals surface area contributed by atoms with Gasteiger partial charge in [0.15, 0.2) is 0 Å². The van der Waals surface area contributed by atoms with Gasteiger partial charge in [-0.15, -0.1) is 0 Å². The lowest BCUT2D eigenvalue weighted by Gasteiger charge is -2.22. The second-order valence-corrected chi connectivity index (χ2v) is 6.26. The first-order valence-electron chi connectivity index (χ1n) is 7.23. The molecule has 0 aromatic heterocycles. The lowest BCUT2D eigenvalue weighted by molar-refractivity contribution is 0.956. The lowest BCUT2D eigenvalue weighted by Crippen LogP contribution is -2.15. The van der Waals surface area contributed by atoms with E-state index >= 15 is 0 Å². The third kappa shape index (κ3) is 1.94. The van der Waals surface area contributed by atoms with Crippen molar-refractivity contribution in [3.8, 4) is 0 Å². The average molecular weight is 297 g/mol. The van der Waals surface area contributed by atoms with Crippen LogP contribution in [0, 0.1) is 0 Å². The lowest BCUT2D eigenvalue weighted by atomic mass is 10.1. The number of hydrogen-bond donors (Lipinski definition) is 0. The molecule has 0 N–H and O–H groups in total. The van der Waals surface area contributed by atoms with Crippen LogP contribution in [0.25, 0.3) is 5.70 Å². The number of nitrogens with zero attached hydrogens (tertiary/aromatic N) is 2. The van der Waals surface area contributed by atoms with Gasteiger partial charge in [-0.05, 0) is 41.8 Å². The van der Waals surface area contributed by atoms with Gasteiger partial charge in [0.25, 0.3) is 0 Å². The zero-order valence-electron chi connectivity index (χ0n) is 12.1. The molecule has 0 fully saturated rings. The van der Waals surface area contributed by atoms with Crippen molar-refractivity contribution in [2.75, 3.05) is 23.4 Å². The molecule has 4 rings (SSSR count). The Morgan fingerprint density at radius 1 is 1.10 bits per heavy atom. The molecule has 2 aliphatic heterocycles. The van der Waals surface area contributed by atoms with Crippen molar-refractivity contribution in [2.24, 2.45) is 0 Å². The van der Waals surface area contributed by atoms with Crippen molar-refractivity contribution >= 4 is 28.7 Å². The maximum absolute atomic E-state index is 6.11. The smallest absolute Gasteiger partial charge is 0.0488 e. The molecule has 0 spiro atoms. The van der Waals surface area contributed by atoms with E-state index in [1.54, 1.807) is 0 Å². The van der Waals surface area contributed by atoms with Crippen LogP contribution in [0.2, 0.25) is 5.02 Å². The van der Waals surface area contributed by atoms with Crippen molar-refractivity contribution in [1.82, 2.24) is 0 Å². The molecule has 106 valence electrons. The summed E-state index contributed by atoms with van der Waals surface area (Å²) < 4.78 is 0. The van der Waals surface area contributed by atoms with Crippen molar-refractivity contribution < 1.29 is 0 Å². The third-order valence-electron chi connectivity index (χ3n) is 4.55. The van der Waals surface area contributed by atoms with Crippen LogP contribution in [0.3, 0.4) is 0 Å². The molecule has 0 aliphatic carbocycles. The highest BCUT2D eigenvalue weighted by Gasteiger charge is 2.25. The normalized spacial score (nSPS) is 16.4. The number of likely N-dealkylation sites (N-methyl/N-ethyl adjacent to an activating group) is 1. The Morgan fingerprint density at radius 3 is 2.76 bits per heavy atom. The number of fused-ring (bicyclic) bond motifs is 2. The van der Waals surface area contributed by atoms with Crippen LogP contribution < -0.4 is 9.80 Å². The Labute approximate surface area is 130 Å². The summed E-state index contributed by atoms with van der Waals surface area (Å²) in [5.41, 5.74) is 7.48. The summed E-state index contributed by atoms with van der Waals surface area (Å²) in [7, 11) is 2.16. The molecule has 0 saturated heterocycles. The van der Waals surface area contributed by atoms with E-state index in [0.29, 0.717) is 0 Å². The van der Waals surface area contributed by atoms with E-state index in [-0.39, 0.29) is 0 Å². The van der Waals surface area contributed by atoms with E-state index in [4.69, 9.17) is 11.6 Å². The number of hydrogen-bond acceptors (Lipinski definition) is 2. The van der Waals surface area contributed by atoms with Crippen LogP contribution in [0.5, 0.6) is 0 Å². The maximum atomic E-state index is 6.11. The summed E-state index contributed by atoms with van der Waals surface area (Å²) in [5, 5.41) is 0.769. The molecular formula is C18H17ClN2. The Bertz CT molecular complexity index is 751. The second-order valence-electron chi connectivity index (χ2n) is 5.82. The standard InChI is InChI=1S/C18H17ClN2/c1-12-17-9-15(19)5-3-14(17)11-21(12)16-6-4-13-7-8-20(2)18(13)10-16/h3-6,9-10H,1,7-8,11H2,2H3. The summed E-state index contributed by atoms with van der Waals surface area (Å²) >= 11 is 6.11. The van der Waals surface area contributed by atoms with E-state index in [9.17, 15) is 0 Å². The first-order valence-corrected chi connectivity index (χ1v) is 7.60. The predicted molar refractivity (Wildman–Crippen MR) is 90.1 cm³/mol. The SMILES string of the molecule is C=C1c2cc(Cl)ccc2CN1c1ccc2c(c1)N(C)CC2. The van der Waals surface area contributed by atoms with Crippen molar-refractivity contribution in [3.05, 3.63) is 64.7 Å². The Morgan fingerprint density at radius 2 is 1.90 bits per heavy atom. The quantitative estimate of drug-likeness (QED) is 0.773. The zero-order chi connectivity index (χ0) is 14.6. The topological polar surface area (TPSA) is 6.48 Å². The van der Waals surface area contributed by atoms with Gasteiger partial charge in [-0.1, -0.05) is 30.3 Å². The Balaban J connectivity index is 1.73. The van der Waals surface area contributed by atoms with Gasteiger partial charge in [-0.2, -0.15) is 0 Å². The summed E-state index contributed by atoms with van der Waals surface area (Å²) in [5.74, 6) is 0. The van der Waals surface area contributed by atoms with E-state index in [2.05, 4.69) is 47.7 Å². The van der Waals surface area contributed by atoms with Crippen molar-refractivity contribution in [3.63, 3.8) is 0 Å². The molecule has 2 aliphatic rings. The zero-order valence-corrected chi connectivity index (χ0v) is 12.8. The van der Waals surface area contributed by atoms with E-state index in [0.717, 1.165) is 35.8 Å². The van der Waals surface area contributed by atoms with Gasteiger partial charge in [0.2, 0.25) is 0 Å². The van der Waals surface area contributed by atoms with Crippen molar-refractivity contribution in [1.29, 1.82) is 0 Å². The minimum atomic E-state index is 0.769. The monoisotopic (exact) mass is 296 g/mol. The highest BCUT2D eigenvalue weighted by Crippen LogP contribution is 2.39. The molecule has 2 aromatic carbocycles. The highest BCUT2D eigenvalue weighted by atomic mass is 35.5. The van der Waals surface area contributed by atoms with E-state index in [1.165, 1.54) is 22.5 Å². The molecule has 0 saturated carbocycles. The highest BCUT2D eigenvalue weighted by molar-refractivity contribution is 6.30. The molecular weight excluding hydrogens is 280 g/mol. The van der Waals surface area contributed by atoms with Crippen LogP contribution in [0.1, 0.15) is 16.7 Å². The molecule has 2 aromatic rings. The van der Waals surface area contributed by atoms with Crippen LogP contribution in [-0.4, -0.2) is 13.6 Å². The van der Waals surface area contributed by atoms with Gasteiger partial charge in [-0.3, -0.25) is 0 Å². The fourth-order valence-corrected chi connectivity index (χ4v) is 3.48. The van der Waals surface area contributed by atoms with Crippen LogP contribution >= 0.6 is 11.6 Å².